The minimum atomic E-state index is -0.918. The Balaban J connectivity index is 1.73. The minimum Gasteiger partial charge on any atom is -0.457 e. The van der Waals surface area contributed by atoms with Crippen LogP contribution in [0.1, 0.15) is 90.9 Å². The third kappa shape index (κ3) is 6.91. The highest BCUT2D eigenvalue weighted by molar-refractivity contribution is 5.69. The predicted molar refractivity (Wildman–Crippen MR) is 112 cm³/mol. The molecule has 0 aromatic rings. The highest BCUT2D eigenvalue weighted by Gasteiger charge is 2.56. The van der Waals surface area contributed by atoms with Crippen molar-refractivity contribution in [3.63, 3.8) is 0 Å². The molecule has 0 amide bonds. The van der Waals surface area contributed by atoms with E-state index < -0.39 is 23.9 Å². The zero-order valence-electron chi connectivity index (χ0n) is 18.4. The monoisotopic (exact) mass is 414 g/mol. The summed E-state index contributed by atoms with van der Waals surface area (Å²) < 4.78 is 17.4. The Morgan fingerprint density at radius 1 is 1.10 bits per heavy atom. The van der Waals surface area contributed by atoms with Crippen molar-refractivity contribution < 1.29 is 29.2 Å². The Morgan fingerprint density at radius 2 is 1.76 bits per heavy atom. The Bertz CT molecular complexity index is 470. The fourth-order valence-electron chi connectivity index (χ4n) is 4.64. The average Bonchev–Trinajstić information content (AvgIpc) is 3.08. The van der Waals surface area contributed by atoms with Gasteiger partial charge in [0.15, 0.2) is 6.10 Å². The Hall–Kier alpha value is -0.690. The lowest BCUT2D eigenvalue weighted by Crippen LogP contribution is -2.60. The molecule has 2 aliphatic rings. The number of hydrogen-bond donors (Lipinski definition) is 2. The number of carbonyl (C=O) groups is 1. The van der Waals surface area contributed by atoms with E-state index in [1.807, 2.05) is 6.92 Å². The summed E-state index contributed by atoms with van der Waals surface area (Å²) in [5, 5.41) is 20.4. The first-order valence-corrected chi connectivity index (χ1v) is 11.8. The molecule has 29 heavy (non-hydrogen) atoms. The van der Waals surface area contributed by atoms with Crippen LogP contribution in [0.25, 0.3) is 0 Å². The molecule has 2 saturated heterocycles. The van der Waals surface area contributed by atoms with Gasteiger partial charge < -0.3 is 24.4 Å². The normalized spacial score (nSPS) is 32.4. The van der Waals surface area contributed by atoms with Crippen LogP contribution in [-0.4, -0.2) is 59.9 Å². The van der Waals surface area contributed by atoms with E-state index >= 15 is 0 Å². The van der Waals surface area contributed by atoms with Gasteiger partial charge in [-0.05, 0) is 25.2 Å². The molecule has 0 bridgehead atoms. The van der Waals surface area contributed by atoms with Crippen LogP contribution in [0, 0.1) is 5.92 Å². The highest BCUT2D eigenvalue weighted by Crippen LogP contribution is 2.40. The lowest BCUT2D eigenvalue weighted by Gasteiger charge is -2.46. The number of esters is 1. The van der Waals surface area contributed by atoms with Gasteiger partial charge in [0.25, 0.3) is 0 Å². The van der Waals surface area contributed by atoms with Crippen molar-refractivity contribution in [3.8, 4) is 0 Å². The van der Waals surface area contributed by atoms with Gasteiger partial charge in [-0.2, -0.15) is 0 Å². The summed E-state index contributed by atoms with van der Waals surface area (Å²) in [6.45, 7) is 4.67. The number of rotatable bonds is 13. The molecule has 2 N–H and O–H groups in total. The average molecular weight is 415 g/mol. The Kier molecular flexibility index (Phi) is 10.9. The van der Waals surface area contributed by atoms with Gasteiger partial charge in [-0.1, -0.05) is 65.2 Å². The smallest absolute Gasteiger partial charge is 0.306 e. The standard InChI is InChI=1S/C23H42O6/c1-3-4-5-6-7-8-9-10-11-14-20(26)29-21-19(25)16-27-22(21)23(17-24)18(2)13-12-15-28-23/h18-19,21-22,24-25H,3-17H2,1-2H3/t18?,19-,21+,22-,23-/m0/s1. The molecule has 0 aromatic heterocycles. The van der Waals surface area contributed by atoms with Crippen molar-refractivity contribution in [2.45, 2.75) is 115 Å². The van der Waals surface area contributed by atoms with E-state index in [2.05, 4.69) is 6.92 Å². The molecule has 0 aliphatic carbocycles. The number of hydrogen-bond acceptors (Lipinski definition) is 6. The molecule has 170 valence electrons. The topological polar surface area (TPSA) is 85.2 Å². The second-order valence-electron chi connectivity index (χ2n) is 8.86. The number of ether oxygens (including phenoxy) is 3. The number of aliphatic hydroxyl groups is 2. The maximum Gasteiger partial charge on any atom is 0.306 e. The van der Waals surface area contributed by atoms with Crippen molar-refractivity contribution >= 4 is 5.97 Å². The van der Waals surface area contributed by atoms with Crippen LogP contribution in [0.4, 0.5) is 0 Å². The fraction of sp³-hybridized carbons (Fsp3) is 0.957. The Labute approximate surface area is 176 Å². The van der Waals surface area contributed by atoms with Crippen LogP contribution in [0.5, 0.6) is 0 Å². The molecular weight excluding hydrogens is 372 g/mol. The van der Waals surface area contributed by atoms with Gasteiger partial charge in [-0.25, -0.2) is 0 Å². The maximum atomic E-state index is 12.4. The first-order valence-electron chi connectivity index (χ1n) is 11.8. The molecule has 1 unspecified atom stereocenters. The van der Waals surface area contributed by atoms with Crippen LogP contribution < -0.4 is 0 Å². The van der Waals surface area contributed by atoms with E-state index in [-0.39, 0.29) is 25.1 Å². The van der Waals surface area contributed by atoms with E-state index in [1.165, 1.54) is 38.5 Å². The number of aliphatic hydroxyl groups excluding tert-OH is 2. The van der Waals surface area contributed by atoms with Crippen LogP contribution in [-0.2, 0) is 19.0 Å². The molecular formula is C23H42O6. The van der Waals surface area contributed by atoms with Gasteiger partial charge >= 0.3 is 5.97 Å². The van der Waals surface area contributed by atoms with Crippen LogP contribution >= 0.6 is 0 Å². The SMILES string of the molecule is CCCCCCCCCCCC(=O)O[C@@H]1[C@@H](O)CO[C@@H]1[C@@]1(CO)OCCCC1C. The van der Waals surface area contributed by atoms with E-state index in [9.17, 15) is 15.0 Å². The molecule has 6 heteroatoms. The maximum absolute atomic E-state index is 12.4. The lowest BCUT2D eigenvalue weighted by molar-refractivity contribution is -0.219. The van der Waals surface area contributed by atoms with Crippen molar-refractivity contribution in [3.05, 3.63) is 0 Å². The van der Waals surface area contributed by atoms with Gasteiger partial charge in [-0.15, -0.1) is 0 Å². The van der Waals surface area contributed by atoms with Gasteiger partial charge in [0.2, 0.25) is 0 Å². The van der Waals surface area contributed by atoms with E-state index in [0.29, 0.717) is 13.0 Å². The van der Waals surface area contributed by atoms with Crippen molar-refractivity contribution in [1.29, 1.82) is 0 Å². The third-order valence-electron chi connectivity index (χ3n) is 6.59. The van der Waals surface area contributed by atoms with E-state index in [1.54, 1.807) is 0 Å². The van der Waals surface area contributed by atoms with Gasteiger partial charge in [-0.3, -0.25) is 4.79 Å². The lowest BCUT2D eigenvalue weighted by atomic mass is 9.77. The molecule has 0 spiro atoms. The molecule has 2 fully saturated rings. The molecule has 0 aromatic carbocycles. The summed E-state index contributed by atoms with van der Waals surface area (Å²) in [5.74, 6) is -0.237. The van der Waals surface area contributed by atoms with Gasteiger partial charge in [0.05, 0.1) is 13.2 Å². The number of carbonyl (C=O) groups excluding carboxylic acids is 1. The van der Waals surface area contributed by atoms with Crippen molar-refractivity contribution in [2.75, 3.05) is 19.8 Å². The first-order chi connectivity index (χ1) is 14.0. The first kappa shape index (κ1) is 24.6. The van der Waals surface area contributed by atoms with Crippen LogP contribution in [0.15, 0.2) is 0 Å². The minimum absolute atomic E-state index is 0.0649. The second-order valence-corrected chi connectivity index (χ2v) is 8.86. The van der Waals surface area contributed by atoms with Gasteiger partial charge in [0, 0.05) is 13.0 Å². The quantitative estimate of drug-likeness (QED) is 0.353. The number of unbranched alkanes of at least 4 members (excludes halogenated alkanes) is 8. The molecule has 0 saturated carbocycles. The van der Waals surface area contributed by atoms with E-state index in [4.69, 9.17) is 14.2 Å². The summed E-state index contributed by atoms with van der Waals surface area (Å²) in [6, 6.07) is 0. The summed E-state index contributed by atoms with van der Waals surface area (Å²) in [7, 11) is 0. The predicted octanol–water partition coefficient (Wildman–Crippen LogP) is 3.76. The zero-order chi connectivity index (χ0) is 21.1. The molecule has 0 radical (unpaired) electrons. The second kappa shape index (κ2) is 12.9. The van der Waals surface area contributed by atoms with Crippen LogP contribution in [0.3, 0.4) is 0 Å². The molecule has 5 atom stereocenters. The fourth-order valence-corrected chi connectivity index (χ4v) is 4.64. The summed E-state index contributed by atoms with van der Waals surface area (Å²) in [4.78, 5) is 12.4. The summed E-state index contributed by atoms with van der Waals surface area (Å²) >= 11 is 0. The van der Waals surface area contributed by atoms with Crippen molar-refractivity contribution in [1.82, 2.24) is 0 Å². The largest absolute Gasteiger partial charge is 0.457 e. The third-order valence-corrected chi connectivity index (χ3v) is 6.59. The zero-order valence-corrected chi connectivity index (χ0v) is 18.4. The van der Waals surface area contributed by atoms with Crippen molar-refractivity contribution in [2.24, 2.45) is 5.92 Å². The summed E-state index contributed by atoms with van der Waals surface area (Å²) in [6.07, 6.45) is 10.6. The van der Waals surface area contributed by atoms with Crippen LogP contribution in [0.2, 0.25) is 0 Å². The molecule has 6 nitrogen and oxygen atoms in total. The molecule has 2 heterocycles. The Morgan fingerprint density at radius 3 is 2.38 bits per heavy atom. The molecule has 2 rings (SSSR count). The van der Waals surface area contributed by atoms with Gasteiger partial charge in [0.1, 0.15) is 17.8 Å². The highest BCUT2D eigenvalue weighted by atomic mass is 16.6. The molecule has 2 aliphatic heterocycles. The summed E-state index contributed by atoms with van der Waals surface area (Å²) in [5.41, 5.74) is -0.918. The van der Waals surface area contributed by atoms with E-state index in [0.717, 1.165) is 32.1 Å².